The van der Waals surface area contributed by atoms with Gasteiger partial charge in [-0.2, -0.15) is 0 Å². The molecule has 0 aromatic heterocycles. The van der Waals surface area contributed by atoms with Crippen molar-refractivity contribution < 1.29 is 13.9 Å². The molecule has 2 N–H and O–H groups in total. The Labute approximate surface area is 124 Å². The van der Waals surface area contributed by atoms with Crippen LogP contribution in [0.2, 0.25) is 0 Å². The van der Waals surface area contributed by atoms with E-state index >= 15 is 0 Å². The topological polar surface area (TPSA) is 44.5 Å². The summed E-state index contributed by atoms with van der Waals surface area (Å²) in [7, 11) is 3.21. The molecule has 0 saturated heterocycles. The number of halogens is 1. The number of ether oxygens (including phenoxy) is 2. The van der Waals surface area contributed by atoms with E-state index in [0.29, 0.717) is 17.9 Å². The molecule has 4 heteroatoms. The summed E-state index contributed by atoms with van der Waals surface area (Å²) < 4.78 is 23.5. The number of rotatable bonds is 5. The summed E-state index contributed by atoms with van der Waals surface area (Å²) in [5.74, 6) is 1.11. The molecule has 0 fully saturated rings. The molecule has 0 radical (unpaired) electrons. The molecule has 1 atom stereocenters. The van der Waals surface area contributed by atoms with Crippen LogP contribution in [0, 0.1) is 12.7 Å². The first-order valence-corrected chi connectivity index (χ1v) is 6.77. The Morgan fingerprint density at radius 3 is 2.19 bits per heavy atom. The van der Waals surface area contributed by atoms with Gasteiger partial charge in [0.25, 0.3) is 0 Å². The average Bonchev–Trinajstić information content (AvgIpc) is 2.49. The van der Waals surface area contributed by atoms with Gasteiger partial charge in [-0.05, 0) is 54.3 Å². The van der Waals surface area contributed by atoms with Gasteiger partial charge in [-0.15, -0.1) is 0 Å². The highest BCUT2D eigenvalue weighted by Crippen LogP contribution is 2.33. The second kappa shape index (κ2) is 6.59. The van der Waals surface area contributed by atoms with Gasteiger partial charge in [0.2, 0.25) is 0 Å². The van der Waals surface area contributed by atoms with Crippen molar-refractivity contribution in [1.29, 1.82) is 0 Å². The molecule has 0 spiro atoms. The molecule has 21 heavy (non-hydrogen) atoms. The summed E-state index contributed by atoms with van der Waals surface area (Å²) in [6, 6.07) is 10.0. The first-order chi connectivity index (χ1) is 10.0. The van der Waals surface area contributed by atoms with E-state index in [4.69, 9.17) is 15.2 Å². The molecule has 3 nitrogen and oxygen atoms in total. The number of methoxy groups -OCH3 is 2. The molecule has 0 saturated carbocycles. The molecule has 112 valence electrons. The maximum Gasteiger partial charge on any atom is 0.161 e. The predicted molar refractivity (Wildman–Crippen MR) is 81.3 cm³/mol. The van der Waals surface area contributed by atoms with Gasteiger partial charge in [0.05, 0.1) is 14.2 Å². The number of aryl methyl sites for hydroxylation is 1. The maximum absolute atomic E-state index is 12.9. The van der Waals surface area contributed by atoms with Crippen molar-refractivity contribution in [3.05, 3.63) is 58.9 Å². The molecular formula is C17H20FNO2. The molecule has 1 unspecified atom stereocenters. The minimum atomic E-state index is -0.241. The fourth-order valence-electron chi connectivity index (χ4n) is 2.38. The molecule has 2 aromatic carbocycles. The van der Waals surface area contributed by atoms with Crippen LogP contribution >= 0.6 is 0 Å². The van der Waals surface area contributed by atoms with Gasteiger partial charge in [-0.3, -0.25) is 0 Å². The van der Waals surface area contributed by atoms with Gasteiger partial charge in [-0.1, -0.05) is 12.1 Å². The van der Waals surface area contributed by atoms with Crippen LogP contribution in [0.1, 0.15) is 22.7 Å². The second-order valence-corrected chi connectivity index (χ2v) is 5.00. The van der Waals surface area contributed by atoms with E-state index in [1.807, 2.05) is 19.1 Å². The lowest BCUT2D eigenvalue weighted by molar-refractivity contribution is 0.354. The standard InChI is InChI=1S/C17H20FNO2/c1-11-8-16(20-2)17(21-3)10-14(11)15(19)9-12-4-6-13(18)7-5-12/h4-8,10,15H,9,19H2,1-3H3. The zero-order chi connectivity index (χ0) is 15.4. The van der Waals surface area contributed by atoms with Crippen LogP contribution in [0.25, 0.3) is 0 Å². The number of hydrogen-bond acceptors (Lipinski definition) is 3. The molecular weight excluding hydrogens is 269 g/mol. The van der Waals surface area contributed by atoms with Crippen LogP contribution in [0.15, 0.2) is 36.4 Å². The van der Waals surface area contributed by atoms with Crippen LogP contribution in [-0.4, -0.2) is 14.2 Å². The first kappa shape index (κ1) is 15.3. The van der Waals surface area contributed by atoms with E-state index in [-0.39, 0.29) is 11.9 Å². The molecule has 0 aliphatic heterocycles. The third-order valence-electron chi connectivity index (χ3n) is 3.54. The summed E-state index contributed by atoms with van der Waals surface area (Å²) in [6.45, 7) is 1.99. The Bertz CT molecular complexity index is 611. The Morgan fingerprint density at radius 2 is 1.62 bits per heavy atom. The SMILES string of the molecule is COc1cc(C)c(C(N)Cc2ccc(F)cc2)cc1OC. The summed E-state index contributed by atoms with van der Waals surface area (Å²) >= 11 is 0. The Kier molecular flexibility index (Phi) is 4.81. The van der Waals surface area contributed by atoms with Crippen molar-refractivity contribution in [3.8, 4) is 11.5 Å². The highest BCUT2D eigenvalue weighted by molar-refractivity contribution is 5.48. The Balaban J connectivity index is 2.26. The fraction of sp³-hybridized carbons (Fsp3) is 0.294. The highest BCUT2D eigenvalue weighted by atomic mass is 19.1. The lowest BCUT2D eigenvalue weighted by Gasteiger charge is -2.18. The van der Waals surface area contributed by atoms with Crippen molar-refractivity contribution in [2.75, 3.05) is 14.2 Å². The maximum atomic E-state index is 12.9. The first-order valence-electron chi connectivity index (χ1n) is 6.77. The summed E-state index contributed by atoms with van der Waals surface area (Å²) in [5.41, 5.74) is 9.33. The van der Waals surface area contributed by atoms with Crippen molar-refractivity contribution in [2.24, 2.45) is 5.73 Å². The van der Waals surface area contributed by atoms with Gasteiger partial charge < -0.3 is 15.2 Å². The number of hydrogen-bond donors (Lipinski definition) is 1. The molecule has 0 bridgehead atoms. The van der Waals surface area contributed by atoms with Crippen molar-refractivity contribution in [2.45, 2.75) is 19.4 Å². The van der Waals surface area contributed by atoms with Crippen LogP contribution in [-0.2, 0) is 6.42 Å². The molecule has 2 rings (SSSR count). The largest absolute Gasteiger partial charge is 0.493 e. The van der Waals surface area contributed by atoms with E-state index in [9.17, 15) is 4.39 Å². The third kappa shape index (κ3) is 3.52. The van der Waals surface area contributed by atoms with E-state index in [1.165, 1.54) is 12.1 Å². The zero-order valence-electron chi connectivity index (χ0n) is 12.5. The molecule has 0 amide bonds. The van der Waals surface area contributed by atoms with E-state index in [1.54, 1.807) is 26.4 Å². The normalized spacial score (nSPS) is 12.0. The smallest absolute Gasteiger partial charge is 0.161 e. The summed E-state index contributed by atoms with van der Waals surface area (Å²) in [6.07, 6.45) is 0.636. The van der Waals surface area contributed by atoms with Gasteiger partial charge in [0.15, 0.2) is 11.5 Å². The van der Waals surface area contributed by atoms with Gasteiger partial charge in [-0.25, -0.2) is 4.39 Å². The lowest BCUT2D eigenvalue weighted by Crippen LogP contribution is -2.15. The van der Waals surface area contributed by atoms with Crippen LogP contribution < -0.4 is 15.2 Å². The zero-order valence-corrected chi connectivity index (χ0v) is 12.5. The van der Waals surface area contributed by atoms with Gasteiger partial charge >= 0.3 is 0 Å². The second-order valence-electron chi connectivity index (χ2n) is 5.00. The van der Waals surface area contributed by atoms with Crippen LogP contribution in [0.3, 0.4) is 0 Å². The van der Waals surface area contributed by atoms with Gasteiger partial charge in [0, 0.05) is 6.04 Å². The fourth-order valence-corrected chi connectivity index (χ4v) is 2.38. The quantitative estimate of drug-likeness (QED) is 0.917. The third-order valence-corrected chi connectivity index (χ3v) is 3.54. The average molecular weight is 289 g/mol. The monoisotopic (exact) mass is 289 g/mol. The van der Waals surface area contributed by atoms with Crippen molar-refractivity contribution in [1.82, 2.24) is 0 Å². The Morgan fingerprint density at radius 1 is 1.05 bits per heavy atom. The van der Waals surface area contributed by atoms with Crippen LogP contribution in [0.5, 0.6) is 11.5 Å². The molecule has 0 aliphatic carbocycles. The van der Waals surface area contributed by atoms with E-state index in [0.717, 1.165) is 16.7 Å². The summed E-state index contributed by atoms with van der Waals surface area (Å²) in [5, 5.41) is 0. The summed E-state index contributed by atoms with van der Waals surface area (Å²) in [4.78, 5) is 0. The predicted octanol–water partition coefficient (Wildman–Crippen LogP) is 3.39. The van der Waals surface area contributed by atoms with E-state index < -0.39 is 0 Å². The molecule has 2 aromatic rings. The minimum absolute atomic E-state index is 0.185. The molecule has 0 heterocycles. The Hall–Kier alpha value is -2.07. The minimum Gasteiger partial charge on any atom is -0.493 e. The lowest BCUT2D eigenvalue weighted by atomic mass is 9.95. The number of nitrogens with two attached hydrogens (primary N) is 1. The van der Waals surface area contributed by atoms with Crippen LogP contribution in [0.4, 0.5) is 4.39 Å². The highest BCUT2D eigenvalue weighted by Gasteiger charge is 2.14. The van der Waals surface area contributed by atoms with E-state index in [2.05, 4.69) is 0 Å². The number of benzene rings is 2. The van der Waals surface area contributed by atoms with Crippen molar-refractivity contribution in [3.63, 3.8) is 0 Å². The molecule has 0 aliphatic rings. The van der Waals surface area contributed by atoms with Gasteiger partial charge in [0.1, 0.15) is 5.82 Å². The van der Waals surface area contributed by atoms with Crippen molar-refractivity contribution >= 4 is 0 Å².